The number of fused-ring (bicyclic) bond motifs is 2. The molecule has 3 aromatic rings. The third kappa shape index (κ3) is 6.00. The summed E-state index contributed by atoms with van der Waals surface area (Å²) < 4.78 is 66.8. The molecule has 1 aliphatic heterocycles. The second kappa shape index (κ2) is 11.5. The van der Waals surface area contributed by atoms with Gasteiger partial charge in [0.1, 0.15) is 12.7 Å². The third-order valence-corrected chi connectivity index (χ3v) is 7.46. The van der Waals surface area contributed by atoms with Crippen LogP contribution in [0, 0.1) is 5.92 Å². The highest BCUT2D eigenvalue weighted by Crippen LogP contribution is 2.45. The molecule has 2 unspecified atom stereocenters. The summed E-state index contributed by atoms with van der Waals surface area (Å²) in [6.07, 6.45) is -4.07. The van der Waals surface area contributed by atoms with Crippen molar-refractivity contribution in [1.29, 1.82) is 0 Å². The van der Waals surface area contributed by atoms with E-state index in [0.717, 1.165) is 5.56 Å². The summed E-state index contributed by atoms with van der Waals surface area (Å²) in [5.41, 5.74) is 0.737. The molecule has 0 radical (unpaired) electrons. The molecule has 0 saturated heterocycles. The number of ether oxygens (including phenoxy) is 4. The number of halogens is 3. The van der Waals surface area contributed by atoms with E-state index in [0.29, 0.717) is 35.7 Å². The van der Waals surface area contributed by atoms with Crippen molar-refractivity contribution in [2.45, 2.75) is 85.0 Å². The number of hydrogen-bond acceptors (Lipinski definition) is 7. The quantitative estimate of drug-likeness (QED) is 0.304. The summed E-state index contributed by atoms with van der Waals surface area (Å²) in [5.74, 6) is -0.278. The van der Waals surface area contributed by atoms with Gasteiger partial charge in [-0.3, -0.25) is 4.79 Å². The molecule has 1 N–H and O–H groups in total. The van der Waals surface area contributed by atoms with E-state index in [1.807, 2.05) is 33.8 Å². The summed E-state index contributed by atoms with van der Waals surface area (Å²) >= 11 is 0. The Morgan fingerprint density at radius 3 is 2.60 bits per heavy atom. The lowest BCUT2D eigenvalue weighted by atomic mass is 9.83. The molecule has 0 amide bonds. The number of alkyl halides is 3. The Bertz CT molecular complexity index is 1560. The van der Waals surface area contributed by atoms with Crippen LogP contribution in [0.1, 0.15) is 82.5 Å². The summed E-state index contributed by atoms with van der Waals surface area (Å²) in [7, 11) is 0. The van der Waals surface area contributed by atoms with E-state index in [2.05, 4.69) is 10.1 Å². The summed E-state index contributed by atoms with van der Waals surface area (Å²) in [5, 5.41) is 13.3. The Kier molecular flexibility index (Phi) is 8.06. The van der Waals surface area contributed by atoms with Crippen LogP contribution in [0.3, 0.4) is 0 Å². The number of pyridine rings is 1. The van der Waals surface area contributed by atoms with Crippen molar-refractivity contribution in [3.05, 3.63) is 70.2 Å². The van der Waals surface area contributed by atoms with Crippen molar-refractivity contribution < 1.29 is 42.0 Å². The van der Waals surface area contributed by atoms with Crippen LogP contribution in [-0.2, 0) is 28.7 Å². The van der Waals surface area contributed by atoms with Crippen LogP contribution in [0.15, 0.2) is 47.7 Å². The lowest BCUT2D eigenvalue weighted by Crippen LogP contribution is -2.29. The van der Waals surface area contributed by atoms with Crippen LogP contribution < -0.4 is 14.2 Å². The number of carboxylic acid groups (broad SMARTS) is 1. The van der Waals surface area contributed by atoms with Gasteiger partial charge in [-0.05, 0) is 55.5 Å². The minimum absolute atomic E-state index is 0.0671. The number of benzene rings is 1. The first-order valence-electron chi connectivity index (χ1n) is 14.3. The maximum absolute atomic E-state index is 14.0. The minimum atomic E-state index is -4.67. The maximum atomic E-state index is 14.0. The highest BCUT2D eigenvalue weighted by atomic mass is 19.4. The SMILES string of the molecule is CC.CC1=C(OC2CCCc3c(C(F)(F)F)nn(-c4cccc(OCc5ccc6c(c5)OC(C)(C)O6)n4)c32)CC1C(=O)O. The van der Waals surface area contributed by atoms with E-state index in [4.69, 9.17) is 18.9 Å². The molecular weight excluding hydrogens is 567 g/mol. The second-order valence-electron chi connectivity index (χ2n) is 10.8. The zero-order chi connectivity index (χ0) is 31.1. The lowest BCUT2D eigenvalue weighted by Gasteiger charge is -2.33. The highest BCUT2D eigenvalue weighted by Gasteiger charge is 2.44. The second-order valence-corrected chi connectivity index (χ2v) is 10.8. The standard InChI is InChI=1S/C29H28F3N3O6.C2H6/c1-15-18(27(36)37)13-21(15)39-20-7-4-6-17-25(20)35(34-26(17)29(30,31)32)23-8-5-9-24(33-23)38-14-16-10-11-19-22(12-16)41-28(2,3)40-19;1-2/h5,8-12,18,20H,4,6-7,13-14H2,1-3H3,(H,36,37);1-2H3. The van der Waals surface area contributed by atoms with E-state index in [9.17, 15) is 23.1 Å². The zero-order valence-corrected chi connectivity index (χ0v) is 24.6. The number of allylic oxidation sites excluding steroid dienone is 1. The normalized spacial score (nSPS) is 20.0. The van der Waals surface area contributed by atoms with E-state index >= 15 is 0 Å². The predicted molar refractivity (Wildman–Crippen MR) is 149 cm³/mol. The van der Waals surface area contributed by atoms with Gasteiger partial charge < -0.3 is 24.1 Å². The fourth-order valence-electron chi connectivity index (χ4n) is 5.42. The van der Waals surface area contributed by atoms with Gasteiger partial charge in [-0.1, -0.05) is 26.0 Å². The van der Waals surface area contributed by atoms with Gasteiger partial charge in [0.05, 0.1) is 17.4 Å². The van der Waals surface area contributed by atoms with Gasteiger partial charge in [0.25, 0.3) is 0 Å². The number of carbonyl (C=O) groups is 1. The summed E-state index contributed by atoms with van der Waals surface area (Å²) in [6, 6.07) is 10.2. The number of nitrogens with zero attached hydrogens (tertiary/aromatic N) is 3. The molecule has 0 saturated carbocycles. The van der Waals surface area contributed by atoms with Crippen molar-refractivity contribution >= 4 is 5.97 Å². The highest BCUT2D eigenvalue weighted by molar-refractivity contribution is 5.76. The number of aromatic nitrogens is 3. The van der Waals surface area contributed by atoms with E-state index in [-0.39, 0.29) is 42.4 Å². The van der Waals surface area contributed by atoms with Crippen LogP contribution >= 0.6 is 0 Å². The molecule has 2 aromatic heterocycles. The first-order chi connectivity index (χ1) is 20.4. The van der Waals surface area contributed by atoms with Crippen LogP contribution in [0.4, 0.5) is 13.2 Å². The molecule has 2 aliphatic carbocycles. The van der Waals surface area contributed by atoms with Crippen molar-refractivity contribution in [2.75, 3.05) is 0 Å². The van der Waals surface area contributed by atoms with Gasteiger partial charge in [-0.25, -0.2) is 4.68 Å². The third-order valence-electron chi connectivity index (χ3n) is 7.46. The van der Waals surface area contributed by atoms with Crippen molar-refractivity contribution in [3.63, 3.8) is 0 Å². The number of hydrogen-bond donors (Lipinski definition) is 1. The molecule has 43 heavy (non-hydrogen) atoms. The van der Waals surface area contributed by atoms with Gasteiger partial charge in [0, 0.05) is 31.9 Å². The fourth-order valence-corrected chi connectivity index (χ4v) is 5.42. The summed E-state index contributed by atoms with van der Waals surface area (Å²) in [4.78, 5) is 15.8. The monoisotopic (exact) mass is 601 g/mol. The Balaban J connectivity index is 0.00000180. The predicted octanol–water partition coefficient (Wildman–Crippen LogP) is 7.17. The van der Waals surface area contributed by atoms with Gasteiger partial charge in [0.15, 0.2) is 23.0 Å². The van der Waals surface area contributed by atoms with E-state index < -0.39 is 35.6 Å². The van der Waals surface area contributed by atoms with E-state index in [1.165, 1.54) is 4.68 Å². The van der Waals surface area contributed by atoms with Crippen molar-refractivity contribution in [1.82, 2.24) is 14.8 Å². The van der Waals surface area contributed by atoms with Gasteiger partial charge >= 0.3 is 12.1 Å². The smallest absolute Gasteiger partial charge is 0.435 e. The number of aliphatic carboxylic acids is 1. The Morgan fingerprint density at radius 1 is 1.16 bits per heavy atom. The molecule has 0 spiro atoms. The molecule has 0 fully saturated rings. The number of carboxylic acids is 1. The average molecular weight is 602 g/mol. The molecule has 0 bridgehead atoms. The molecule has 6 rings (SSSR count). The Hall–Kier alpha value is -4.22. The molecule has 230 valence electrons. The number of rotatable bonds is 7. The Labute approximate surface area is 247 Å². The maximum Gasteiger partial charge on any atom is 0.435 e. The molecule has 1 aromatic carbocycles. The van der Waals surface area contributed by atoms with Crippen LogP contribution in [-0.4, -0.2) is 31.6 Å². The van der Waals surface area contributed by atoms with Crippen LogP contribution in [0.2, 0.25) is 0 Å². The first kappa shape index (κ1) is 30.2. The molecule has 9 nitrogen and oxygen atoms in total. The largest absolute Gasteiger partial charge is 0.488 e. The van der Waals surface area contributed by atoms with Crippen molar-refractivity contribution in [3.8, 4) is 23.2 Å². The average Bonchev–Trinajstić information content (AvgIpc) is 3.51. The van der Waals surface area contributed by atoms with Gasteiger partial charge in [-0.2, -0.15) is 23.3 Å². The molecule has 3 heterocycles. The fraction of sp³-hybridized carbons (Fsp3) is 0.452. The molecule has 3 aliphatic rings. The van der Waals surface area contributed by atoms with E-state index in [1.54, 1.807) is 37.3 Å². The topological polar surface area (TPSA) is 105 Å². The molecule has 2 atom stereocenters. The Morgan fingerprint density at radius 2 is 1.91 bits per heavy atom. The van der Waals surface area contributed by atoms with Crippen molar-refractivity contribution in [2.24, 2.45) is 5.92 Å². The lowest BCUT2D eigenvalue weighted by molar-refractivity contribution is -0.143. The molecule has 12 heteroatoms. The molecular formula is C31H34F3N3O6. The van der Waals surface area contributed by atoms with Crippen LogP contribution in [0.25, 0.3) is 5.82 Å². The van der Waals surface area contributed by atoms with Gasteiger partial charge in [0.2, 0.25) is 11.7 Å². The van der Waals surface area contributed by atoms with Crippen LogP contribution in [0.5, 0.6) is 17.4 Å². The zero-order valence-electron chi connectivity index (χ0n) is 24.6. The minimum Gasteiger partial charge on any atom is -0.488 e. The first-order valence-corrected chi connectivity index (χ1v) is 14.3. The summed E-state index contributed by atoms with van der Waals surface area (Å²) in [6.45, 7) is 9.43. The van der Waals surface area contributed by atoms with Gasteiger partial charge in [-0.15, -0.1) is 0 Å².